The maximum atomic E-state index is 13.2. The zero-order valence-corrected chi connectivity index (χ0v) is 15.6. The Morgan fingerprint density at radius 2 is 2.15 bits per heavy atom. The first kappa shape index (κ1) is 18.0. The third-order valence-electron chi connectivity index (χ3n) is 5.46. The van der Waals surface area contributed by atoms with Crippen molar-refractivity contribution < 1.29 is 22.2 Å². The summed E-state index contributed by atoms with van der Waals surface area (Å²) in [6.45, 7) is 3.81. The van der Waals surface area contributed by atoms with Crippen molar-refractivity contribution in [3.63, 3.8) is 0 Å². The highest BCUT2D eigenvalue weighted by molar-refractivity contribution is 7.89. The number of amides is 1. The highest BCUT2D eigenvalue weighted by Crippen LogP contribution is 2.47. The molecule has 3 heterocycles. The van der Waals surface area contributed by atoms with Crippen molar-refractivity contribution in [1.82, 2.24) is 14.8 Å². The van der Waals surface area contributed by atoms with Crippen LogP contribution in [0.4, 0.5) is 0 Å². The van der Waals surface area contributed by atoms with Gasteiger partial charge >= 0.3 is 0 Å². The van der Waals surface area contributed by atoms with Crippen LogP contribution in [0.3, 0.4) is 0 Å². The Morgan fingerprint density at radius 3 is 2.78 bits per heavy atom. The lowest BCUT2D eigenvalue weighted by Gasteiger charge is -2.53. The van der Waals surface area contributed by atoms with Crippen LogP contribution in [0.2, 0.25) is 0 Å². The molecule has 8 nitrogen and oxygen atoms in total. The van der Waals surface area contributed by atoms with Gasteiger partial charge in [-0.2, -0.15) is 4.31 Å². The first-order valence-corrected chi connectivity index (χ1v) is 10.4. The Bertz CT molecular complexity index is 944. The summed E-state index contributed by atoms with van der Waals surface area (Å²) in [7, 11) is -3.79. The maximum Gasteiger partial charge on any atom is 0.276 e. The van der Waals surface area contributed by atoms with Gasteiger partial charge in [-0.05, 0) is 50.3 Å². The van der Waals surface area contributed by atoms with Gasteiger partial charge in [-0.1, -0.05) is 11.7 Å². The van der Waals surface area contributed by atoms with Gasteiger partial charge < -0.3 is 14.3 Å². The minimum Gasteiger partial charge on any atom is -0.440 e. The summed E-state index contributed by atoms with van der Waals surface area (Å²) in [5.74, 6) is 0.469. The Labute approximate surface area is 157 Å². The number of sulfonamides is 1. The van der Waals surface area contributed by atoms with Crippen molar-refractivity contribution in [1.29, 1.82) is 0 Å². The highest BCUT2D eigenvalue weighted by atomic mass is 32.2. The summed E-state index contributed by atoms with van der Waals surface area (Å²) in [5.41, 5.74) is -0.463. The number of carbonyl (C=O) groups is 1. The van der Waals surface area contributed by atoms with Gasteiger partial charge in [-0.15, -0.1) is 0 Å². The van der Waals surface area contributed by atoms with Gasteiger partial charge in [0.25, 0.3) is 10.0 Å². The number of hydrogen-bond acceptors (Lipinski definition) is 6. The van der Waals surface area contributed by atoms with Gasteiger partial charge in [0.15, 0.2) is 5.76 Å². The summed E-state index contributed by atoms with van der Waals surface area (Å²) in [6.07, 6.45) is 6.39. The number of carbonyl (C=O) groups excluding carboxylic acids is 1. The SMILES string of the molecule is C=CC(=O)NC1CCN(S(=O)(=O)c2ccc(-c3ccno3)o2)C2(CCC2)C1. The molecule has 1 spiro atoms. The lowest BCUT2D eigenvalue weighted by atomic mass is 9.70. The average Bonchev–Trinajstić information content (AvgIpc) is 3.31. The summed E-state index contributed by atoms with van der Waals surface area (Å²) < 4.78 is 38.6. The first-order chi connectivity index (χ1) is 12.9. The van der Waals surface area contributed by atoms with E-state index in [0.717, 1.165) is 19.3 Å². The number of aromatic nitrogens is 1. The summed E-state index contributed by atoms with van der Waals surface area (Å²) in [4.78, 5) is 11.6. The maximum absolute atomic E-state index is 13.2. The Balaban J connectivity index is 1.58. The van der Waals surface area contributed by atoms with E-state index in [9.17, 15) is 13.2 Å². The molecular formula is C18H21N3O5S. The van der Waals surface area contributed by atoms with Crippen molar-refractivity contribution in [3.8, 4) is 11.5 Å². The van der Waals surface area contributed by atoms with Gasteiger partial charge in [-0.25, -0.2) is 8.42 Å². The van der Waals surface area contributed by atoms with E-state index in [1.807, 2.05) is 0 Å². The lowest BCUT2D eigenvalue weighted by Crippen LogP contribution is -2.63. The second-order valence-electron chi connectivity index (χ2n) is 7.05. The van der Waals surface area contributed by atoms with Gasteiger partial charge in [-0.3, -0.25) is 4.79 Å². The minimum atomic E-state index is -3.79. The topological polar surface area (TPSA) is 106 Å². The first-order valence-electron chi connectivity index (χ1n) is 8.91. The second kappa shape index (κ2) is 6.65. The van der Waals surface area contributed by atoms with E-state index in [1.165, 1.54) is 18.3 Å². The van der Waals surface area contributed by atoms with E-state index in [2.05, 4.69) is 17.1 Å². The molecule has 144 valence electrons. The summed E-state index contributed by atoms with van der Waals surface area (Å²) in [6, 6.07) is 4.57. The molecule has 4 rings (SSSR count). The van der Waals surface area contributed by atoms with E-state index < -0.39 is 15.6 Å². The van der Waals surface area contributed by atoms with Crippen LogP contribution in [0.25, 0.3) is 11.5 Å². The quantitative estimate of drug-likeness (QED) is 0.784. The van der Waals surface area contributed by atoms with E-state index in [1.54, 1.807) is 16.4 Å². The van der Waals surface area contributed by atoms with Crippen molar-refractivity contribution >= 4 is 15.9 Å². The summed E-state index contributed by atoms with van der Waals surface area (Å²) >= 11 is 0. The number of rotatable bonds is 5. The zero-order valence-electron chi connectivity index (χ0n) is 14.8. The van der Waals surface area contributed by atoms with Crippen molar-refractivity contribution in [2.24, 2.45) is 0 Å². The number of furan rings is 1. The molecule has 1 atom stereocenters. The zero-order chi connectivity index (χ0) is 19.1. The lowest BCUT2D eigenvalue weighted by molar-refractivity contribution is -0.117. The summed E-state index contributed by atoms with van der Waals surface area (Å²) in [5, 5.41) is 6.41. The minimum absolute atomic E-state index is 0.0522. The molecule has 2 aromatic heterocycles. The van der Waals surface area contributed by atoms with Crippen LogP contribution < -0.4 is 5.32 Å². The highest BCUT2D eigenvalue weighted by Gasteiger charge is 2.52. The van der Waals surface area contributed by atoms with Crippen LogP contribution in [-0.2, 0) is 14.8 Å². The third kappa shape index (κ3) is 3.10. The molecule has 2 aliphatic rings. The Kier molecular flexibility index (Phi) is 4.43. The second-order valence-corrected chi connectivity index (χ2v) is 8.85. The molecule has 1 aliphatic heterocycles. The van der Waals surface area contributed by atoms with Crippen LogP contribution in [-0.4, -0.2) is 41.9 Å². The van der Waals surface area contributed by atoms with Crippen LogP contribution in [0.1, 0.15) is 32.1 Å². The predicted octanol–water partition coefficient (Wildman–Crippen LogP) is 2.31. The van der Waals surface area contributed by atoms with E-state index >= 15 is 0 Å². The number of piperidine rings is 1. The fraction of sp³-hybridized carbons (Fsp3) is 0.444. The molecule has 2 fully saturated rings. The van der Waals surface area contributed by atoms with Gasteiger partial charge in [0.2, 0.25) is 16.8 Å². The number of hydrogen-bond donors (Lipinski definition) is 1. The molecule has 0 aromatic carbocycles. The van der Waals surface area contributed by atoms with E-state index in [0.29, 0.717) is 30.9 Å². The molecule has 1 saturated heterocycles. The molecule has 0 bridgehead atoms. The molecule has 1 unspecified atom stereocenters. The number of nitrogens with zero attached hydrogens (tertiary/aromatic N) is 2. The molecule has 1 amide bonds. The smallest absolute Gasteiger partial charge is 0.276 e. The van der Waals surface area contributed by atoms with E-state index in [4.69, 9.17) is 8.94 Å². The van der Waals surface area contributed by atoms with Crippen LogP contribution in [0.15, 0.2) is 51.1 Å². The van der Waals surface area contributed by atoms with Crippen LogP contribution in [0.5, 0.6) is 0 Å². The Hall–Kier alpha value is -2.39. The van der Waals surface area contributed by atoms with Gasteiger partial charge in [0.1, 0.15) is 0 Å². The number of nitrogens with one attached hydrogen (secondary N) is 1. The van der Waals surface area contributed by atoms with Crippen LogP contribution in [0, 0.1) is 0 Å². The third-order valence-corrected chi connectivity index (χ3v) is 7.34. The Morgan fingerprint density at radius 1 is 1.33 bits per heavy atom. The molecular weight excluding hydrogens is 370 g/mol. The van der Waals surface area contributed by atoms with Gasteiger partial charge in [0.05, 0.1) is 6.20 Å². The molecule has 27 heavy (non-hydrogen) atoms. The van der Waals surface area contributed by atoms with Crippen molar-refractivity contribution in [2.75, 3.05) is 6.54 Å². The molecule has 1 saturated carbocycles. The molecule has 1 aliphatic carbocycles. The normalized spacial score (nSPS) is 22.3. The standard InChI is InChI=1S/C18H21N3O5S/c1-2-16(22)20-13-7-11-21(18(12-13)8-3-9-18)27(23,24)17-5-4-14(25-17)15-6-10-19-26-15/h2,4-6,10,13H,1,3,7-9,11-12H2,(H,20,22). The monoisotopic (exact) mass is 391 g/mol. The largest absolute Gasteiger partial charge is 0.440 e. The van der Waals surface area contributed by atoms with Crippen molar-refractivity contribution in [2.45, 2.75) is 48.8 Å². The van der Waals surface area contributed by atoms with E-state index in [-0.39, 0.29) is 17.0 Å². The average molecular weight is 391 g/mol. The fourth-order valence-corrected chi connectivity index (χ4v) is 5.78. The van der Waals surface area contributed by atoms with Crippen LogP contribution >= 0.6 is 0 Å². The van der Waals surface area contributed by atoms with Gasteiger partial charge in [0, 0.05) is 24.2 Å². The molecule has 1 N–H and O–H groups in total. The predicted molar refractivity (Wildman–Crippen MR) is 96.0 cm³/mol. The molecule has 0 radical (unpaired) electrons. The molecule has 2 aromatic rings. The van der Waals surface area contributed by atoms with Crippen molar-refractivity contribution in [3.05, 3.63) is 37.1 Å². The fourth-order valence-electron chi connectivity index (χ4n) is 4.01. The molecule has 9 heteroatoms.